The lowest BCUT2D eigenvalue weighted by atomic mass is 10.0. The molecule has 1 aromatic carbocycles. The predicted octanol–water partition coefficient (Wildman–Crippen LogP) is 2.96. The second-order valence-electron chi connectivity index (χ2n) is 5.61. The van der Waals surface area contributed by atoms with Crippen LogP contribution in [0.5, 0.6) is 0 Å². The molecule has 0 radical (unpaired) electrons. The van der Waals surface area contributed by atoms with Crippen LogP contribution in [0.4, 0.5) is 5.69 Å². The average Bonchev–Trinajstić information content (AvgIpc) is 2.45. The first kappa shape index (κ1) is 16.4. The van der Waals surface area contributed by atoms with Gasteiger partial charge in [0.2, 0.25) is 5.91 Å². The third-order valence-electron chi connectivity index (χ3n) is 3.74. The van der Waals surface area contributed by atoms with E-state index in [0.29, 0.717) is 22.6 Å². The van der Waals surface area contributed by atoms with Crippen molar-refractivity contribution >= 4 is 34.8 Å². The van der Waals surface area contributed by atoms with Crippen molar-refractivity contribution in [1.82, 2.24) is 9.80 Å². The second-order valence-corrected chi connectivity index (χ2v) is 6.43. The number of hydrogen-bond donors (Lipinski definition) is 1. The quantitative estimate of drug-likeness (QED) is 0.922. The number of rotatable bonds is 4. The maximum Gasteiger partial charge on any atom is 0.236 e. The van der Waals surface area contributed by atoms with Gasteiger partial charge >= 0.3 is 0 Å². The summed E-state index contributed by atoms with van der Waals surface area (Å²) in [6, 6.07) is 6.01. The zero-order valence-electron chi connectivity index (χ0n) is 12.4. The molecule has 1 N–H and O–H groups in total. The van der Waals surface area contributed by atoms with Crippen molar-refractivity contribution in [2.75, 3.05) is 39.0 Å². The van der Waals surface area contributed by atoms with Gasteiger partial charge in [0.05, 0.1) is 16.6 Å². The van der Waals surface area contributed by atoms with Crippen LogP contribution in [0.15, 0.2) is 18.2 Å². The largest absolute Gasteiger partial charge is 0.382 e. The zero-order valence-corrected chi connectivity index (χ0v) is 13.9. The number of carbonyl (C=O) groups excluding carboxylic acids is 1. The van der Waals surface area contributed by atoms with Crippen molar-refractivity contribution in [2.24, 2.45) is 0 Å². The lowest BCUT2D eigenvalue weighted by molar-refractivity contribution is -0.130. The van der Waals surface area contributed by atoms with E-state index in [1.807, 2.05) is 12.1 Å². The van der Waals surface area contributed by atoms with Crippen LogP contribution in [0, 0.1) is 0 Å². The Morgan fingerprint density at radius 3 is 2.52 bits per heavy atom. The molecule has 0 aliphatic carbocycles. The van der Waals surface area contributed by atoms with Gasteiger partial charge in [-0.1, -0.05) is 23.2 Å². The fourth-order valence-corrected chi connectivity index (χ4v) is 2.69. The van der Waals surface area contributed by atoms with E-state index in [9.17, 15) is 4.79 Å². The Morgan fingerprint density at radius 1 is 1.29 bits per heavy atom. The Bertz CT molecular complexity index is 500. The Hall–Kier alpha value is -0.970. The van der Waals surface area contributed by atoms with Crippen molar-refractivity contribution in [3.63, 3.8) is 0 Å². The van der Waals surface area contributed by atoms with E-state index in [0.717, 1.165) is 31.6 Å². The van der Waals surface area contributed by atoms with E-state index < -0.39 is 0 Å². The molecule has 1 fully saturated rings. The number of benzene rings is 1. The number of nitrogens with one attached hydrogen (secondary N) is 1. The van der Waals surface area contributed by atoms with E-state index >= 15 is 0 Å². The van der Waals surface area contributed by atoms with Crippen LogP contribution in [0.3, 0.4) is 0 Å². The molecule has 116 valence electrons. The van der Waals surface area contributed by atoms with Crippen LogP contribution in [0.25, 0.3) is 0 Å². The molecule has 1 aliphatic rings. The van der Waals surface area contributed by atoms with E-state index in [1.54, 1.807) is 25.1 Å². The Morgan fingerprint density at radius 2 is 1.95 bits per heavy atom. The van der Waals surface area contributed by atoms with Gasteiger partial charge in [0.25, 0.3) is 0 Å². The Kier molecular flexibility index (Phi) is 5.73. The normalized spacial score (nSPS) is 16.8. The minimum atomic E-state index is 0.158. The molecule has 1 saturated heterocycles. The maximum absolute atomic E-state index is 11.7. The van der Waals surface area contributed by atoms with Gasteiger partial charge in [-0.25, -0.2) is 0 Å². The summed E-state index contributed by atoms with van der Waals surface area (Å²) < 4.78 is 0. The number of amides is 1. The van der Waals surface area contributed by atoms with Crippen molar-refractivity contribution in [3.05, 3.63) is 28.2 Å². The summed E-state index contributed by atoms with van der Waals surface area (Å²) in [5.74, 6) is 0.158. The second kappa shape index (κ2) is 7.34. The summed E-state index contributed by atoms with van der Waals surface area (Å²) in [7, 11) is 3.59. The summed E-state index contributed by atoms with van der Waals surface area (Å²) in [5, 5.41) is 4.61. The molecule has 2 rings (SSSR count). The molecule has 1 amide bonds. The fourth-order valence-electron chi connectivity index (χ4n) is 2.39. The predicted molar refractivity (Wildman–Crippen MR) is 88.2 cm³/mol. The molecular formula is C15H21Cl2N3O. The Labute approximate surface area is 136 Å². The summed E-state index contributed by atoms with van der Waals surface area (Å²) >= 11 is 11.9. The molecule has 0 aromatic heterocycles. The van der Waals surface area contributed by atoms with E-state index in [2.05, 4.69) is 10.2 Å². The minimum absolute atomic E-state index is 0.158. The van der Waals surface area contributed by atoms with E-state index in [-0.39, 0.29) is 5.91 Å². The molecule has 1 aliphatic heterocycles. The van der Waals surface area contributed by atoms with Crippen molar-refractivity contribution in [1.29, 1.82) is 0 Å². The van der Waals surface area contributed by atoms with Crippen LogP contribution in [-0.2, 0) is 4.79 Å². The number of hydrogen-bond acceptors (Lipinski definition) is 3. The zero-order chi connectivity index (χ0) is 15.4. The van der Waals surface area contributed by atoms with E-state index in [4.69, 9.17) is 23.2 Å². The fraction of sp³-hybridized carbons (Fsp3) is 0.533. The van der Waals surface area contributed by atoms with Gasteiger partial charge < -0.3 is 10.2 Å². The van der Waals surface area contributed by atoms with Crippen molar-refractivity contribution < 1.29 is 4.79 Å². The maximum atomic E-state index is 11.7. The summed E-state index contributed by atoms with van der Waals surface area (Å²) in [5.41, 5.74) is 0.993. The Balaban J connectivity index is 1.81. The molecule has 0 spiro atoms. The van der Waals surface area contributed by atoms with Crippen LogP contribution < -0.4 is 5.32 Å². The smallest absolute Gasteiger partial charge is 0.236 e. The monoisotopic (exact) mass is 329 g/mol. The number of carbonyl (C=O) groups is 1. The number of anilines is 1. The number of halogens is 2. The van der Waals surface area contributed by atoms with Crippen molar-refractivity contribution in [2.45, 2.75) is 18.9 Å². The highest BCUT2D eigenvalue weighted by molar-refractivity contribution is 6.42. The molecule has 0 bridgehead atoms. The van der Waals surface area contributed by atoms with Crippen LogP contribution in [0.2, 0.25) is 10.0 Å². The number of piperidine rings is 1. The molecule has 0 atom stereocenters. The number of likely N-dealkylation sites (N-methyl/N-ethyl adjacent to an activating group) is 1. The van der Waals surface area contributed by atoms with Gasteiger partial charge in [-0.3, -0.25) is 9.69 Å². The molecule has 1 aromatic rings. The summed E-state index contributed by atoms with van der Waals surface area (Å²) in [6.45, 7) is 2.36. The molecule has 0 unspecified atom stereocenters. The lowest BCUT2D eigenvalue weighted by Crippen LogP contribution is -2.43. The molecule has 6 heteroatoms. The molecular weight excluding hydrogens is 309 g/mol. The van der Waals surface area contributed by atoms with Crippen LogP contribution in [0.1, 0.15) is 12.8 Å². The van der Waals surface area contributed by atoms with Gasteiger partial charge in [-0.05, 0) is 31.0 Å². The number of likely N-dealkylation sites (tertiary alicyclic amines) is 1. The topological polar surface area (TPSA) is 35.6 Å². The highest BCUT2D eigenvalue weighted by Gasteiger charge is 2.21. The van der Waals surface area contributed by atoms with Gasteiger partial charge in [0, 0.05) is 38.9 Å². The molecule has 21 heavy (non-hydrogen) atoms. The summed E-state index contributed by atoms with van der Waals surface area (Å²) in [4.78, 5) is 15.5. The van der Waals surface area contributed by atoms with Gasteiger partial charge in [0.15, 0.2) is 0 Å². The van der Waals surface area contributed by atoms with Gasteiger partial charge in [-0.15, -0.1) is 0 Å². The van der Waals surface area contributed by atoms with E-state index in [1.165, 1.54) is 0 Å². The lowest BCUT2D eigenvalue weighted by Gasteiger charge is -2.33. The molecule has 1 heterocycles. The van der Waals surface area contributed by atoms with Crippen LogP contribution in [-0.4, -0.2) is 55.5 Å². The first-order valence-electron chi connectivity index (χ1n) is 7.10. The summed E-state index contributed by atoms with van der Waals surface area (Å²) in [6.07, 6.45) is 2.03. The third kappa shape index (κ3) is 4.77. The standard InChI is InChI=1S/C15H21Cl2N3O/c1-19(2)15(21)10-20-7-5-11(6-8-20)18-12-3-4-13(16)14(17)9-12/h3-4,9,11,18H,5-8,10H2,1-2H3. The average molecular weight is 330 g/mol. The SMILES string of the molecule is CN(C)C(=O)CN1CCC(Nc2ccc(Cl)c(Cl)c2)CC1. The minimum Gasteiger partial charge on any atom is -0.382 e. The third-order valence-corrected chi connectivity index (χ3v) is 4.47. The van der Waals surface area contributed by atoms with Crippen LogP contribution >= 0.6 is 23.2 Å². The first-order chi connectivity index (χ1) is 9.95. The molecule has 0 saturated carbocycles. The van der Waals surface area contributed by atoms with Gasteiger partial charge in [0.1, 0.15) is 0 Å². The first-order valence-corrected chi connectivity index (χ1v) is 7.85. The highest BCUT2D eigenvalue weighted by Crippen LogP contribution is 2.26. The highest BCUT2D eigenvalue weighted by atomic mass is 35.5. The molecule has 4 nitrogen and oxygen atoms in total. The van der Waals surface area contributed by atoms with Crippen molar-refractivity contribution in [3.8, 4) is 0 Å². The number of nitrogens with zero attached hydrogens (tertiary/aromatic N) is 2. The van der Waals surface area contributed by atoms with Gasteiger partial charge in [-0.2, -0.15) is 0 Å².